The van der Waals surface area contributed by atoms with Gasteiger partial charge in [-0.15, -0.1) is 0 Å². The van der Waals surface area contributed by atoms with Gasteiger partial charge in [0.05, 0.1) is 32.1 Å². The van der Waals surface area contributed by atoms with Crippen molar-refractivity contribution in [1.29, 1.82) is 0 Å². The number of esters is 1. The molecule has 2 fully saturated rings. The van der Waals surface area contributed by atoms with Crippen LogP contribution >= 0.6 is 0 Å². The van der Waals surface area contributed by atoms with Crippen LogP contribution < -0.4 is 10.7 Å². The van der Waals surface area contributed by atoms with Crippen LogP contribution in [0.2, 0.25) is 0 Å². The van der Waals surface area contributed by atoms with Gasteiger partial charge in [-0.05, 0) is 89.4 Å². The van der Waals surface area contributed by atoms with Crippen LogP contribution in [0.5, 0.6) is 5.75 Å². The van der Waals surface area contributed by atoms with E-state index in [2.05, 4.69) is 53.1 Å². The second kappa shape index (κ2) is 18.2. The average molecular weight is 919 g/mol. The van der Waals surface area contributed by atoms with Gasteiger partial charge in [0.15, 0.2) is 5.60 Å². The number of nitrogens with one attached hydrogen (secondary N) is 2. The second-order valence-electron chi connectivity index (χ2n) is 19.7. The van der Waals surface area contributed by atoms with Crippen molar-refractivity contribution in [2.24, 2.45) is 11.3 Å². The largest absolute Gasteiger partial charge is 0.508 e. The number of phenols is 1. The number of cyclic esters (lactones) is 1. The number of hydrazine groups is 1. The van der Waals surface area contributed by atoms with Gasteiger partial charge in [-0.2, -0.15) is 5.43 Å². The molecule has 4 atom stereocenters. The normalized spacial score (nSPS) is 23.4. The van der Waals surface area contributed by atoms with Crippen LogP contribution in [0.25, 0.3) is 33.3 Å². The Kier molecular flexibility index (Phi) is 12.9. The maximum absolute atomic E-state index is 14.7. The number of likely N-dealkylation sites (tertiary alicyclic amines) is 1. The van der Waals surface area contributed by atoms with Crippen LogP contribution in [0.4, 0.5) is 0 Å². The molecule has 5 heterocycles. The van der Waals surface area contributed by atoms with Crippen LogP contribution in [0.15, 0.2) is 67.3 Å². The number of aromatic nitrogens is 1. The van der Waals surface area contributed by atoms with E-state index in [4.69, 9.17) is 9.47 Å². The first-order valence-electron chi connectivity index (χ1n) is 23.1. The summed E-state index contributed by atoms with van der Waals surface area (Å²) < 4.78 is 14.2. The van der Waals surface area contributed by atoms with Crippen LogP contribution in [0.3, 0.4) is 0 Å². The number of aromatic hydroxyl groups is 1. The van der Waals surface area contributed by atoms with Crippen LogP contribution in [0, 0.1) is 11.3 Å². The number of aryl methyl sites for hydroxylation is 1. The quantitative estimate of drug-likeness (QED) is 0.124. The highest BCUT2D eigenvalue weighted by Crippen LogP contribution is 2.43. The van der Waals surface area contributed by atoms with Gasteiger partial charge in [-0.25, -0.2) is 4.79 Å². The summed E-state index contributed by atoms with van der Waals surface area (Å²) in [4.78, 5) is 72.1. The lowest BCUT2D eigenvalue weighted by atomic mass is 9.83. The number of hydrogen-bond donors (Lipinski definition) is 5. The first kappa shape index (κ1) is 47.4. The van der Waals surface area contributed by atoms with Crippen molar-refractivity contribution in [2.75, 3.05) is 33.3 Å². The monoisotopic (exact) mass is 918 g/mol. The summed E-state index contributed by atoms with van der Waals surface area (Å²) in [6, 6.07) is 14.9. The van der Waals surface area contributed by atoms with Crippen LogP contribution in [-0.2, 0) is 66.0 Å². The molecule has 1 unspecified atom stereocenters. The van der Waals surface area contributed by atoms with E-state index < -0.39 is 64.3 Å². The molecule has 4 aromatic rings. The topological polar surface area (TPSA) is 203 Å². The molecule has 1 aromatic heterocycles. The lowest BCUT2D eigenvalue weighted by molar-refractivity contribution is -0.189. The summed E-state index contributed by atoms with van der Waals surface area (Å²) in [7, 11) is 1.40. The van der Waals surface area contributed by atoms with E-state index in [1.807, 2.05) is 32.0 Å². The minimum atomic E-state index is -2.28. The molecule has 356 valence electrons. The molecule has 0 radical (unpaired) electrons. The van der Waals surface area contributed by atoms with E-state index in [1.165, 1.54) is 18.0 Å². The summed E-state index contributed by atoms with van der Waals surface area (Å²) in [5.41, 5.74) is 6.20. The molecule has 67 heavy (non-hydrogen) atoms. The molecular formula is C51H62N6O10. The number of nitrogens with zero attached hydrogens (tertiary/aromatic N) is 4. The number of phenolic OH excluding ortho intramolecular Hbond substituents is 1. The molecule has 3 aromatic carbocycles. The van der Waals surface area contributed by atoms with Crippen molar-refractivity contribution in [3.8, 4) is 28.1 Å². The Balaban J connectivity index is 1.21. The van der Waals surface area contributed by atoms with Gasteiger partial charge in [-0.1, -0.05) is 64.6 Å². The smallest absolute Gasteiger partial charge is 0.355 e. The third-order valence-corrected chi connectivity index (χ3v) is 13.7. The third-order valence-electron chi connectivity index (χ3n) is 13.7. The Morgan fingerprint density at radius 1 is 1.01 bits per heavy atom. The summed E-state index contributed by atoms with van der Waals surface area (Å²) >= 11 is 0. The molecule has 0 spiro atoms. The lowest BCUT2D eigenvalue weighted by Crippen LogP contribution is -2.67. The SMILES string of the molecule is C=CC(=O)N1CCC(O)(C(=O)N(C)[C@H](C(=O)N[C@H]2Cc3cc(O)cc(c3)-c3ccc4c(c3)c(c(-c3cccc5c3COC5)n4CC)CC(C)(C)COC(=O)[C@@]3(O)CCCN(N3)C2=O)C(C)C)C1. The Morgan fingerprint density at radius 3 is 2.52 bits per heavy atom. The van der Waals surface area contributed by atoms with E-state index in [0.717, 1.165) is 60.4 Å². The molecule has 16 nitrogen and oxygen atoms in total. The zero-order chi connectivity index (χ0) is 48.2. The molecule has 4 aliphatic rings. The number of β-amino-alcohol motifs (C(OH)–C–C–N with tert-alkyl or cyclic N) is 1. The predicted octanol–water partition coefficient (Wildman–Crippen LogP) is 4.33. The number of rotatable bonds is 8. The number of carbonyl (C=O) groups is 5. The van der Waals surface area contributed by atoms with Crippen LogP contribution in [0.1, 0.15) is 76.1 Å². The lowest BCUT2D eigenvalue weighted by Gasteiger charge is -2.40. The van der Waals surface area contributed by atoms with E-state index in [9.17, 15) is 39.3 Å². The van der Waals surface area contributed by atoms with Gasteiger partial charge >= 0.3 is 5.97 Å². The number of aliphatic hydroxyl groups is 2. The fraction of sp³-hybridized carbons (Fsp3) is 0.471. The molecule has 4 amide bonds. The molecule has 8 rings (SSSR count). The van der Waals surface area contributed by atoms with E-state index in [0.29, 0.717) is 37.3 Å². The van der Waals surface area contributed by atoms with E-state index in [1.54, 1.807) is 19.9 Å². The summed E-state index contributed by atoms with van der Waals surface area (Å²) in [6.45, 7) is 14.6. The number of amides is 4. The molecule has 6 bridgehead atoms. The van der Waals surface area contributed by atoms with Gasteiger partial charge in [0.2, 0.25) is 17.5 Å². The predicted molar refractivity (Wildman–Crippen MR) is 249 cm³/mol. The molecule has 4 aliphatic heterocycles. The second-order valence-corrected chi connectivity index (χ2v) is 19.7. The fourth-order valence-electron chi connectivity index (χ4n) is 10.4. The number of carbonyl (C=O) groups excluding carboxylic acids is 5. The highest BCUT2D eigenvalue weighted by atomic mass is 16.6. The van der Waals surface area contributed by atoms with Crippen molar-refractivity contribution in [2.45, 2.75) is 110 Å². The minimum absolute atomic E-state index is 0.0450. The van der Waals surface area contributed by atoms with E-state index in [-0.39, 0.29) is 57.7 Å². The maximum Gasteiger partial charge on any atom is 0.355 e. The van der Waals surface area contributed by atoms with E-state index >= 15 is 0 Å². The number of fused-ring (bicyclic) bond motifs is 7. The molecule has 0 aliphatic carbocycles. The standard InChI is InChI=1S/C51H62N6O10/c1-8-42(59)55-19-17-50(64,28-55)47(62)54(7)43(30(3)4)45(60)52-40-22-31-20-34(23-35(58)21-31)32-14-15-41-37(24-32)38(44(56(41)9-2)36-13-10-12-33-26-66-27-39(33)36)25-49(5,6)29-67-48(63)51(65)16-11-18-57(53-51)46(40)61/h8,10,12-15,20-21,23-24,30,40,43,53,58,64-65H,1,9,11,16-19,22,25-29H2,2-7H3,(H,52,60)/t40-,43-,50?,51-/m0/s1. The van der Waals surface area contributed by atoms with Gasteiger partial charge < -0.3 is 44.5 Å². The number of benzene rings is 3. The van der Waals surface area contributed by atoms with Gasteiger partial charge in [-0.3, -0.25) is 24.2 Å². The average Bonchev–Trinajstić information content (AvgIpc) is 4.02. The van der Waals surface area contributed by atoms with Crippen molar-refractivity contribution in [3.05, 3.63) is 89.5 Å². The highest BCUT2D eigenvalue weighted by Gasteiger charge is 2.49. The zero-order valence-corrected chi connectivity index (χ0v) is 39.2. The molecule has 16 heteroatoms. The summed E-state index contributed by atoms with van der Waals surface area (Å²) in [5, 5.41) is 39.6. The maximum atomic E-state index is 14.7. The van der Waals surface area contributed by atoms with Gasteiger partial charge in [0.1, 0.15) is 17.8 Å². The number of ether oxygens (including phenoxy) is 2. The Morgan fingerprint density at radius 2 is 1.79 bits per heavy atom. The summed E-state index contributed by atoms with van der Waals surface area (Å²) in [6.07, 6.45) is 1.57. The van der Waals surface area contributed by atoms with Crippen molar-refractivity contribution in [3.63, 3.8) is 0 Å². The fourth-order valence-corrected chi connectivity index (χ4v) is 10.4. The number of likely N-dealkylation sites (N-methyl/N-ethyl adjacent to an activating group) is 1. The number of hydrogen-bond acceptors (Lipinski definition) is 11. The zero-order valence-electron chi connectivity index (χ0n) is 39.2. The van der Waals surface area contributed by atoms with Crippen LogP contribution in [-0.4, -0.2) is 121 Å². The van der Waals surface area contributed by atoms with Crippen molar-refractivity contribution in [1.82, 2.24) is 30.1 Å². The van der Waals surface area contributed by atoms with Gasteiger partial charge in [0, 0.05) is 67.8 Å². The Bertz CT molecular complexity index is 2660. The minimum Gasteiger partial charge on any atom is -0.508 e. The molecular weight excluding hydrogens is 857 g/mol. The molecule has 0 saturated carbocycles. The summed E-state index contributed by atoms with van der Waals surface area (Å²) in [5.74, 6) is -4.12. The molecule has 2 saturated heterocycles. The van der Waals surface area contributed by atoms with Gasteiger partial charge in [0.25, 0.3) is 11.8 Å². The third kappa shape index (κ3) is 9.07. The highest BCUT2D eigenvalue weighted by molar-refractivity contribution is 5.97. The first-order valence-corrected chi connectivity index (χ1v) is 23.1. The van der Waals surface area contributed by atoms with Crippen molar-refractivity contribution >= 4 is 40.5 Å². The molecule has 5 N–H and O–H groups in total. The first-order chi connectivity index (χ1) is 31.8. The van der Waals surface area contributed by atoms with Crippen molar-refractivity contribution < 1.29 is 48.8 Å². The Hall–Kier alpha value is -6.07. The Labute approximate surface area is 390 Å².